The SMILES string of the molecule is CCCCCCCCCCCCOCCCCCCCCCCCC.O=S(=O)(O)O.OCCNCCO. The molecule has 0 aliphatic heterocycles. The molecule has 228 valence electrons. The van der Waals surface area contributed by atoms with E-state index in [1.54, 1.807) is 0 Å². The van der Waals surface area contributed by atoms with E-state index in [1.165, 1.54) is 128 Å². The van der Waals surface area contributed by atoms with Gasteiger partial charge in [-0.3, -0.25) is 9.11 Å². The lowest BCUT2D eigenvalue weighted by molar-refractivity contribution is 0.125. The Morgan fingerprint density at radius 1 is 0.514 bits per heavy atom. The fraction of sp³-hybridized carbons (Fsp3) is 1.00. The Morgan fingerprint density at radius 3 is 1.00 bits per heavy atom. The minimum absolute atomic E-state index is 0.139. The molecular formula is C28H63NO7S. The standard InChI is InChI=1S/C24H50O.C4H11NO2.H2O4S/c1-3-5-7-9-11-13-15-17-19-21-23-25-24-22-20-18-16-14-12-10-8-6-4-2;6-3-1-5-2-4-7;1-5(2,3)4/h3-24H2,1-2H3;5-7H,1-4H2;(H2,1,2,3,4). The second-order valence-corrected chi connectivity index (χ2v) is 10.5. The molecule has 0 saturated carbocycles. The van der Waals surface area contributed by atoms with Crippen LogP contribution in [0.1, 0.15) is 142 Å². The lowest BCUT2D eigenvalue weighted by Crippen LogP contribution is -2.21. The molecule has 0 aromatic heterocycles. The van der Waals surface area contributed by atoms with E-state index in [0.717, 1.165) is 13.2 Å². The van der Waals surface area contributed by atoms with Gasteiger partial charge in [0.05, 0.1) is 13.2 Å². The Bertz CT molecular complexity index is 445. The van der Waals surface area contributed by atoms with Gasteiger partial charge < -0.3 is 20.3 Å². The molecule has 0 aromatic carbocycles. The normalized spacial score (nSPS) is 11.0. The monoisotopic (exact) mass is 557 g/mol. The largest absolute Gasteiger partial charge is 0.395 e. The average molecular weight is 558 g/mol. The molecule has 0 spiro atoms. The summed E-state index contributed by atoms with van der Waals surface area (Å²) < 4.78 is 37.4. The molecule has 5 N–H and O–H groups in total. The molecule has 0 rings (SSSR count). The molecule has 0 aliphatic carbocycles. The van der Waals surface area contributed by atoms with E-state index in [0.29, 0.717) is 13.1 Å². The van der Waals surface area contributed by atoms with E-state index in [-0.39, 0.29) is 13.2 Å². The first kappa shape index (κ1) is 41.2. The Kier molecular flexibility index (Phi) is 42.2. The third-order valence-corrected chi connectivity index (χ3v) is 5.86. The van der Waals surface area contributed by atoms with Crippen molar-refractivity contribution in [2.75, 3.05) is 39.5 Å². The maximum atomic E-state index is 8.74. The summed E-state index contributed by atoms with van der Waals surface area (Å²) in [7, 11) is -4.67. The summed E-state index contributed by atoms with van der Waals surface area (Å²) in [6.45, 7) is 7.99. The van der Waals surface area contributed by atoms with Crippen molar-refractivity contribution >= 4 is 10.4 Å². The molecule has 37 heavy (non-hydrogen) atoms. The quantitative estimate of drug-likeness (QED) is 0.0582. The van der Waals surface area contributed by atoms with E-state index in [9.17, 15) is 0 Å². The third kappa shape index (κ3) is 61.4. The highest BCUT2D eigenvalue weighted by atomic mass is 32.3. The fourth-order valence-corrected chi connectivity index (χ4v) is 3.77. The van der Waals surface area contributed by atoms with Crippen LogP contribution in [0.15, 0.2) is 0 Å². The predicted molar refractivity (Wildman–Crippen MR) is 156 cm³/mol. The predicted octanol–water partition coefficient (Wildman–Crippen LogP) is 6.75. The highest BCUT2D eigenvalue weighted by Gasteiger charge is 1.95. The Hall–Kier alpha value is -0.290. The summed E-state index contributed by atoms with van der Waals surface area (Å²) in [5.74, 6) is 0. The molecule has 0 aromatic rings. The number of hydrogen-bond acceptors (Lipinski definition) is 6. The van der Waals surface area contributed by atoms with Gasteiger partial charge in [0, 0.05) is 26.3 Å². The zero-order valence-electron chi connectivity index (χ0n) is 24.3. The van der Waals surface area contributed by atoms with E-state index in [2.05, 4.69) is 19.2 Å². The molecular weight excluding hydrogens is 494 g/mol. The number of nitrogens with one attached hydrogen (secondary N) is 1. The summed E-state index contributed by atoms with van der Waals surface area (Å²) in [5, 5.41) is 19.1. The maximum absolute atomic E-state index is 8.74. The molecule has 9 heteroatoms. The van der Waals surface area contributed by atoms with Crippen LogP contribution in [-0.2, 0) is 15.1 Å². The van der Waals surface area contributed by atoms with Crippen molar-refractivity contribution in [3.05, 3.63) is 0 Å². The summed E-state index contributed by atoms with van der Waals surface area (Å²) in [4.78, 5) is 0. The summed E-state index contributed by atoms with van der Waals surface area (Å²) >= 11 is 0. The van der Waals surface area contributed by atoms with Gasteiger partial charge in [0.2, 0.25) is 0 Å². The van der Waals surface area contributed by atoms with E-state index in [4.69, 9.17) is 32.5 Å². The van der Waals surface area contributed by atoms with Gasteiger partial charge in [0.25, 0.3) is 0 Å². The number of unbranched alkanes of at least 4 members (excludes halogenated alkanes) is 18. The smallest absolute Gasteiger partial charge is 0.394 e. The van der Waals surface area contributed by atoms with Crippen molar-refractivity contribution in [3.63, 3.8) is 0 Å². The van der Waals surface area contributed by atoms with Crippen LogP contribution in [0, 0.1) is 0 Å². The van der Waals surface area contributed by atoms with Gasteiger partial charge in [-0.2, -0.15) is 8.42 Å². The maximum Gasteiger partial charge on any atom is 0.394 e. The van der Waals surface area contributed by atoms with Gasteiger partial charge in [-0.15, -0.1) is 0 Å². The third-order valence-electron chi connectivity index (χ3n) is 5.86. The molecule has 8 nitrogen and oxygen atoms in total. The number of ether oxygens (including phenoxy) is 1. The first-order valence-corrected chi connectivity index (χ1v) is 16.4. The van der Waals surface area contributed by atoms with Gasteiger partial charge in [0.15, 0.2) is 0 Å². The minimum atomic E-state index is -4.67. The van der Waals surface area contributed by atoms with E-state index >= 15 is 0 Å². The lowest BCUT2D eigenvalue weighted by atomic mass is 10.1. The molecule has 0 amide bonds. The minimum Gasteiger partial charge on any atom is -0.395 e. The van der Waals surface area contributed by atoms with Crippen LogP contribution in [0.4, 0.5) is 0 Å². The average Bonchev–Trinajstić information content (AvgIpc) is 2.85. The fourth-order valence-electron chi connectivity index (χ4n) is 3.77. The molecule has 0 aliphatic rings. The van der Waals surface area contributed by atoms with Crippen molar-refractivity contribution < 1.29 is 32.5 Å². The van der Waals surface area contributed by atoms with Crippen molar-refractivity contribution in [2.45, 2.75) is 142 Å². The van der Waals surface area contributed by atoms with Gasteiger partial charge >= 0.3 is 10.4 Å². The van der Waals surface area contributed by atoms with Crippen molar-refractivity contribution in [1.82, 2.24) is 5.32 Å². The van der Waals surface area contributed by atoms with E-state index in [1.807, 2.05) is 0 Å². The van der Waals surface area contributed by atoms with Crippen molar-refractivity contribution in [1.29, 1.82) is 0 Å². The van der Waals surface area contributed by atoms with E-state index < -0.39 is 10.4 Å². The summed E-state index contributed by atoms with van der Waals surface area (Å²) in [5.41, 5.74) is 0. The van der Waals surface area contributed by atoms with Crippen LogP contribution in [0.5, 0.6) is 0 Å². The topological polar surface area (TPSA) is 136 Å². The Balaban J connectivity index is -0.000000790. The van der Waals surface area contributed by atoms with Crippen LogP contribution in [0.25, 0.3) is 0 Å². The molecule has 0 saturated heterocycles. The number of aliphatic hydroxyl groups is 2. The van der Waals surface area contributed by atoms with Crippen LogP contribution in [0.3, 0.4) is 0 Å². The van der Waals surface area contributed by atoms with Crippen molar-refractivity contribution in [3.8, 4) is 0 Å². The summed E-state index contributed by atoms with van der Waals surface area (Å²) in [6.07, 6.45) is 28.2. The lowest BCUT2D eigenvalue weighted by Gasteiger charge is -2.05. The van der Waals surface area contributed by atoms with Crippen LogP contribution >= 0.6 is 0 Å². The molecule has 0 atom stereocenters. The van der Waals surface area contributed by atoms with Crippen LogP contribution in [-0.4, -0.2) is 67.3 Å². The Labute approximate surface area is 229 Å². The molecule has 0 heterocycles. The molecule has 0 bridgehead atoms. The van der Waals surface area contributed by atoms with Gasteiger partial charge in [-0.05, 0) is 12.8 Å². The van der Waals surface area contributed by atoms with Gasteiger partial charge in [-0.1, -0.05) is 129 Å². The second-order valence-electron chi connectivity index (χ2n) is 9.62. The number of hydrogen-bond donors (Lipinski definition) is 5. The second kappa shape index (κ2) is 37.9. The first-order chi connectivity index (χ1) is 17.8. The van der Waals surface area contributed by atoms with Crippen LogP contribution < -0.4 is 5.32 Å². The number of rotatable bonds is 26. The number of aliphatic hydroxyl groups excluding tert-OH is 2. The van der Waals surface area contributed by atoms with Crippen LogP contribution in [0.2, 0.25) is 0 Å². The zero-order chi connectivity index (χ0) is 28.3. The zero-order valence-corrected chi connectivity index (χ0v) is 25.1. The Morgan fingerprint density at radius 2 is 0.757 bits per heavy atom. The summed E-state index contributed by atoms with van der Waals surface area (Å²) in [6, 6.07) is 0. The highest BCUT2D eigenvalue weighted by molar-refractivity contribution is 7.79. The first-order valence-electron chi connectivity index (χ1n) is 15.0. The molecule has 0 unspecified atom stereocenters. The highest BCUT2D eigenvalue weighted by Crippen LogP contribution is 2.12. The molecule has 0 fully saturated rings. The van der Waals surface area contributed by atoms with Gasteiger partial charge in [0.1, 0.15) is 0 Å². The van der Waals surface area contributed by atoms with Crippen molar-refractivity contribution in [2.24, 2.45) is 0 Å². The van der Waals surface area contributed by atoms with Gasteiger partial charge in [-0.25, -0.2) is 0 Å². The molecule has 0 radical (unpaired) electrons.